The molecular formula is C13H21FN2O3S. The van der Waals surface area contributed by atoms with Gasteiger partial charge in [0.1, 0.15) is 5.82 Å². The third kappa shape index (κ3) is 4.24. The second-order valence-corrected chi connectivity index (χ2v) is 6.44. The topological polar surface area (TPSA) is 81.4 Å². The Morgan fingerprint density at radius 2 is 2.10 bits per heavy atom. The molecule has 0 aromatic heterocycles. The molecule has 0 spiro atoms. The first-order valence-corrected chi connectivity index (χ1v) is 7.80. The quantitative estimate of drug-likeness (QED) is 0.795. The molecule has 0 saturated carbocycles. The van der Waals surface area contributed by atoms with Crippen LogP contribution >= 0.6 is 0 Å². The number of benzene rings is 1. The summed E-state index contributed by atoms with van der Waals surface area (Å²) in [6, 6.07) is 2.31. The summed E-state index contributed by atoms with van der Waals surface area (Å²) < 4.78 is 45.6. The summed E-state index contributed by atoms with van der Waals surface area (Å²) in [6.07, 6.45) is 0.555. The lowest BCUT2D eigenvalue weighted by Crippen LogP contribution is -2.33. The van der Waals surface area contributed by atoms with Gasteiger partial charge in [-0.3, -0.25) is 0 Å². The van der Waals surface area contributed by atoms with Crippen LogP contribution in [0.3, 0.4) is 0 Å². The minimum atomic E-state index is -3.69. The van der Waals surface area contributed by atoms with Crippen LogP contribution in [-0.4, -0.2) is 28.2 Å². The molecule has 1 aromatic carbocycles. The highest BCUT2D eigenvalue weighted by Crippen LogP contribution is 2.19. The van der Waals surface area contributed by atoms with Crippen molar-refractivity contribution in [3.8, 4) is 0 Å². The van der Waals surface area contributed by atoms with E-state index < -0.39 is 15.8 Å². The van der Waals surface area contributed by atoms with Crippen LogP contribution in [0.5, 0.6) is 0 Å². The van der Waals surface area contributed by atoms with Crippen LogP contribution in [0, 0.1) is 12.7 Å². The first-order chi connectivity index (χ1) is 9.31. The number of nitrogens with one attached hydrogen (secondary N) is 1. The molecule has 3 N–H and O–H groups in total. The maximum atomic E-state index is 13.7. The number of sulfonamides is 1. The molecule has 0 heterocycles. The van der Waals surface area contributed by atoms with Gasteiger partial charge in [-0.1, -0.05) is 0 Å². The zero-order valence-electron chi connectivity index (χ0n) is 11.9. The van der Waals surface area contributed by atoms with E-state index in [1.54, 1.807) is 14.0 Å². The molecule has 1 unspecified atom stereocenters. The van der Waals surface area contributed by atoms with Crippen LogP contribution in [-0.2, 0) is 21.3 Å². The molecular weight excluding hydrogens is 283 g/mol. The van der Waals surface area contributed by atoms with Crippen molar-refractivity contribution in [1.82, 2.24) is 4.72 Å². The minimum Gasteiger partial charge on any atom is -0.385 e. The molecule has 0 aliphatic carbocycles. The minimum absolute atomic E-state index is 0.0288. The molecule has 7 heteroatoms. The summed E-state index contributed by atoms with van der Waals surface area (Å²) in [5.41, 5.74) is 5.88. The lowest BCUT2D eigenvalue weighted by atomic mass is 10.1. The van der Waals surface area contributed by atoms with E-state index in [0.717, 1.165) is 0 Å². The lowest BCUT2D eigenvalue weighted by Gasteiger charge is -2.15. The van der Waals surface area contributed by atoms with Crippen LogP contribution in [0.1, 0.15) is 24.5 Å². The van der Waals surface area contributed by atoms with E-state index in [1.165, 1.54) is 19.1 Å². The normalized spacial score (nSPS) is 13.4. The van der Waals surface area contributed by atoms with Crippen molar-refractivity contribution in [2.45, 2.75) is 37.8 Å². The van der Waals surface area contributed by atoms with Crippen LogP contribution in [0.25, 0.3) is 0 Å². The van der Waals surface area contributed by atoms with Gasteiger partial charge in [0.25, 0.3) is 0 Å². The molecule has 0 amide bonds. The number of halogens is 1. The van der Waals surface area contributed by atoms with Crippen molar-refractivity contribution < 1.29 is 17.5 Å². The number of hydrogen-bond donors (Lipinski definition) is 2. The molecule has 0 aliphatic rings. The zero-order valence-corrected chi connectivity index (χ0v) is 12.8. The standard InChI is InChI=1S/C13H21FN2O3S/c1-9-6-12(7-11(8-15)13(9)14)20(17,18)16-10(2)4-5-19-3/h6-7,10,16H,4-5,8,15H2,1-3H3. The van der Waals surface area contributed by atoms with Gasteiger partial charge < -0.3 is 10.5 Å². The predicted octanol–water partition coefficient (Wildman–Crippen LogP) is 1.30. The highest BCUT2D eigenvalue weighted by molar-refractivity contribution is 7.89. The highest BCUT2D eigenvalue weighted by Gasteiger charge is 2.20. The molecule has 0 saturated heterocycles. The molecule has 114 valence electrons. The van der Waals surface area contributed by atoms with Gasteiger partial charge in [-0.2, -0.15) is 0 Å². The summed E-state index contributed by atoms with van der Waals surface area (Å²) in [5, 5.41) is 0. The predicted molar refractivity (Wildman–Crippen MR) is 75.3 cm³/mol. The fourth-order valence-corrected chi connectivity index (χ4v) is 3.21. The monoisotopic (exact) mass is 304 g/mol. The molecule has 1 rings (SSSR count). The maximum Gasteiger partial charge on any atom is 0.240 e. The summed E-state index contributed by atoms with van der Waals surface area (Å²) in [6.45, 7) is 3.67. The average Bonchev–Trinajstić information content (AvgIpc) is 2.38. The van der Waals surface area contributed by atoms with Crippen LogP contribution in [0.15, 0.2) is 17.0 Å². The van der Waals surface area contributed by atoms with Gasteiger partial charge in [-0.05, 0) is 38.0 Å². The summed E-state index contributed by atoms with van der Waals surface area (Å²) in [4.78, 5) is 0.0288. The van der Waals surface area contributed by atoms with Crippen molar-refractivity contribution in [2.24, 2.45) is 5.73 Å². The maximum absolute atomic E-state index is 13.7. The molecule has 20 heavy (non-hydrogen) atoms. The molecule has 0 radical (unpaired) electrons. The molecule has 5 nitrogen and oxygen atoms in total. The van der Waals surface area contributed by atoms with Gasteiger partial charge in [0, 0.05) is 31.9 Å². The van der Waals surface area contributed by atoms with E-state index in [1.807, 2.05) is 0 Å². The second-order valence-electron chi connectivity index (χ2n) is 4.72. The van der Waals surface area contributed by atoms with Crippen molar-refractivity contribution in [2.75, 3.05) is 13.7 Å². The number of ether oxygens (including phenoxy) is 1. The number of methoxy groups -OCH3 is 1. The van der Waals surface area contributed by atoms with Crippen molar-refractivity contribution in [1.29, 1.82) is 0 Å². The molecule has 0 aliphatic heterocycles. The Hall–Kier alpha value is -1.02. The Labute approximate surface area is 119 Å². The summed E-state index contributed by atoms with van der Waals surface area (Å²) >= 11 is 0. The summed E-state index contributed by atoms with van der Waals surface area (Å²) in [5.74, 6) is -0.459. The molecule has 0 bridgehead atoms. The third-order valence-corrected chi connectivity index (χ3v) is 4.51. The van der Waals surface area contributed by atoms with Crippen LogP contribution in [0.4, 0.5) is 4.39 Å². The van der Waals surface area contributed by atoms with Crippen molar-refractivity contribution in [3.63, 3.8) is 0 Å². The van der Waals surface area contributed by atoms with Crippen LogP contribution in [0.2, 0.25) is 0 Å². The van der Waals surface area contributed by atoms with E-state index in [2.05, 4.69) is 4.72 Å². The molecule has 1 aromatic rings. The lowest BCUT2D eigenvalue weighted by molar-refractivity contribution is 0.188. The first kappa shape index (κ1) is 17.0. The van der Waals surface area contributed by atoms with Gasteiger partial charge in [0.2, 0.25) is 10.0 Å². The zero-order chi connectivity index (χ0) is 15.3. The number of rotatable bonds is 7. The van der Waals surface area contributed by atoms with Crippen molar-refractivity contribution in [3.05, 3.63) is 29.1 Å². The van der Waals surface area contributed by atoms with E-state index >= 15 is 0 Å². The van der Waals surface area contributed by atoms with Gasteiger partial charge in [-0.25, -0.2) is 17.5 Å². The third-order valence-electron chi connectivity index (χ3n) is 2.94. The number of aryl methyl sites for hydroxylation is 1. The molecule has 0 fully saturated rings. The van der Waals surface area contributed by atoms with E-state index in [0.29, 0.717) is 13.0 Å². The Balaban J connectivity index is 3.01. The van der Waals surface area contributed by atoms with Gasteiger partial charge in [-0.15, -0.1) is 0 Å². The largest absolute Gasteiger partial charge is 0.385 e. The Kier molecular flexibility index (Phi) is 6.07. The fourth-order valence-electron chi connectivity index (χ4n) is 1.80. The van der Waals surface area contributed by atoms with Gasteiger partial charge in [0.05, 0.1) is 4.90 Å². The van der Waals surface area contributed by atoms with Gasteiger partial charge in [0.15, 0.2) is 0 Å². The second kappa shape index (κ2) is 7.12. The molecule has 1 atom stereocenters. The van der Waals surface area contributed by atoms with E-state index in [9.17, 15) is 12.8 Å². The van der Waals surface area contributed by atoms with Crippen LogP contribution < -0.4 is 10.5 Å². The van der Waals surface area contributed by atoms with Crippen molar-refractivity contribution >= 4 is 10.0 Å². The first-order valence-electron chi connectivity index (χ1n) is 6.32. The SMILES string of the molecule is COCCC(C)NS(=O)(=O)c1cc(C)c(F)c(CN)c1. The summed E-state index contributed by atoms with van der Waals surface area (Å²) in [7, 11) is -2.14. The van der Waals surface area contributed by atoms with E-state index in [-0.39, 0.29) is 28.6 Å². The van der Waals surface area contributed by atoms with E-state index in [4.69, 9.17) is 10.5 Å². The number of nitrogens with two attached hydrogens (primary N) is 1. The Morgan fingerprint density at radius 3 is 2.65 bits per heavy atom. The highest BCUT2D eigenvalue weighted by atomic mass is 32.2. The number of hydrogen-bond acceptors (Lipinski definition) is 4. The Morgan fingerprint density at radius 1 is 1.45 bits per heavy atom. The van der Waals surface area contributed by atoms with Gasteiger partial charge >= 0.3 is 0 Å². The smallest absolute Gasteiger partial charge is 0.240 e. The Bertz CT molecular complexity index is 561. The fraction of sp³-hybridized carbons (Fsp3) is 0.538. The average molecular weight is 304 g/mol.